The van der Waals surface area contributed by atoms with E-state index in [1.807, 2.05) is 39.0 Å². The minimum atomic E-state index is -3.66. The Kier molecular flexibility index (Phi) is 6.12. The molecule has 0 spiro atoms. The van der Waals surface area contributed by atoms with Gasteiger partial charge in [0.1, 0.15) is 11.9 Å². The maximum atomic E-state index is 13.0. The summed E-state index contributed by atoms with van der Waals surface area (Å²) >= 11 is 0. The number of fused-ring (bicyclic) bond motifs is 1. The number of morpholine rings is 1. The van der Waals surface area contributed by atoms with Gasteiger partial charge in [-0.2, -0.15) is 4.31 Å². The summed E-state index contributed by atoms with van der Waals surface area (Å²) in [6, 6.07) is 13.4. The van der Waals surface area contributed by atoms with Crippen molar-refractivity contribution in [3.63, 3.8) is 0 Å². The number of carbonyl (C=O) groups excluding carboxylic acids is 1. The second kappa shape index (κ2) is 9.10. The Morgan fingerprint density at radius 3 is 2.43 bits per heavy atom. The maximum Gasteiger partial charge on any atom is 0.277 e. The lowest BCUT2D eigenvalue weighted by Crippen LogP contribution is -2.48. The molecule has 3 atom stereocenters. The molecule has 1 fully saturated rings. The number of rotatable bonds is 5. The molecule has 184 valence electrons. The Balaban J connectivity index is 1.26. The average Bonchev–Trinajstić information content (AvgIpc) is 3.44. The smallest absolute Gasteiger partial charge is 0.277 e. The van der Waals surface area contributed by atoms with Gasteiger partial charge in [0.2, 0.25) is 10.0 Å². The van der Waals surface area contributed by atoms with Gasteiger partial charge in [-0.05, 0) is 68.8 Å². The SMILES string of the molecule is C[C@@H]1Cc2cc(-c3cc(C(=O)Nc4ccc(S(=O)(=O)N5C[C@@H](C)O[C@@H](C)C5)cc4)no3)ccc2O1. The lowest BCUT2D eigenvalue weighted by atomic mass is 10.1. The summed E-state index contributed by atoms with van der Waals surface area (Å²) in [4.78, 5) is 12.9. The molecular weight excluding hydrogens is 470 g/mol. The molecule has 0 bridgehead atoms. The number of aromatic nitrogens is 1. The molecule has 0 unspecified atom stereocenters. The van der Waals surface area contributed by atoms with Crippen molar-refractivity contribution in [3.05, 3.63) is 59.8 Å². The molecule has 2 aliphatic heterocycles. The van der Waals surface area contributed by atoms with Gasteiger partial charge in [-0.15, -0.1) is 0 Å². The summed E-state index contributed by atoms with van der Waals surface area (Å²) in [5.74, 6) is 0.888. The number of sulfonamides is 1. The van der Waals surface area contributed by atoms with E-state index in [9.17, 15) is 13.2 Å². The number of amides is 1. The molecule has 0 aliphatic carbocycles. The van der Waals surface area contributed by atoms with Crippen LogP contribution in [0.4, 0.5) is 5.69 Å². The van der Waals surface area contributed by atoms with Gasteiger partial charge in [-0.1, -0.05) is 5.16 Å². The average molecular weight is 498 g/mol. The molecule has 2 aromatic carbocycles. The maximum absolute atomic E-state index is 13.0. The predicted molar refractivity (Wildman–Crippen MR) is 129 cm³/mol. The monoisotopic (exact) mass is 497 g/mol. The summed E-state index contributed by atoms with van der Waals surface area (Å²) in [6.45, 7) is 6.32. The Bertz CT molecular complexity index is 1340. The number of hydrogen-bond donors (Lipinski definition) is 1. The summed E-state index contributed by atoms with van der Waals surface area (Å²) < 4.78 is 44.2. The number of ether oxygens (including phenoxy) is 2. The Labute approximate surface area is 204 Å². The van der Waals surface area contributed by atoms with Gasteiger partial charge in [-0.25, -0.2) is 8.42 Å². The molecule has 1 saturated heterocycles. The highest BCUT2D eigenvalue weighted by atomic mass is 32.2. The van der Waals surface area contributed by atoms with Crippen molar-refractivity contribution in [1.29, 1.82) is 0 Å². The lowest BCUT2D eigenvalue weighted by molar-refractivity contribution is -0.0440. The number of anilines is 1. The normalized spacial score (nSPS) is 22.4. The fraction of sp³-hybridized carbons (Fsp3) is 0.360. The van der Waals surface area contributed by atoms with Crippen LogP contribution >= 0.6 is 0 Å². The molecule has 1 aromatic heterocycles. The van der Waals surface area contributed by atoms with Crippen molar-refractivity contribution in [2.75, 3.05) is 18.4 Å². The quantitative estimate of drug-likeness (QED) is 0.572. The third-order valence-corrected chi connectivity index (χ3v) is 7.91. The van der Waals surface area contributed by atoms with Crippen LogP contribution in [0.5, 0.6) is 5.75 Å². The molecular formula is C25H27N3O6S. The number of nitrogens with one attached hydrogen (secondary N) is 1. The first-order valence-corrected chi connectivity index (χ1v) is 13.0. The first kappa shape index (κ1) is 23.5. The highest BCUT2D eigenvalue weighted by Gasteiger charge is 2.32. The van der Waals surface area contributed by atoms with Crippen molar-refractivity contribution < 1.29 is 27.2 Å². The zero-order valence-electron chi connectivity index (χ0n) is 19.7. The lowest BCUT2D eigenvalue weighted by Gasteiger charge is -2.34. The van der Waals surface area contributed by atoms with Crippen molar-refractivity contribution in [2.45, 2.75) is 50.4 Å². The van der Waals surface area contributed by atoms with E-state index in [4.69, 9.17) is 14.0 Å². The molecule has 9 nitrogen and oxygen atoms in total. The van der Waals surface area contributed by atoms with Crippen LogP contribution in [0.2, 0.25) is 0 Å². The molecule has 1 amide bonds. The number of hydrogen-bond acceptors (Lipinski definition) is 7. The van der Waals surface area contributed by atoms with Gasteiger partial charge in [0, 0.05) is 36.8 Å². The second-order valence-corrected chi connectivity index (χ2v) is 11.0. The fourth-order valence-corrected chi connectivity index (χ4v) is 6.07. The molecule has 2 aliphatic rings. The van der Waals surface area contributed by atoms with Crippen LogP contribution in [0.1, 0.15) is 36.8 Å². The van der Waals surface area contributed by atoms with Gasteiger partial charge >= 0.3 is 0 Å². The molecule has 1 N–H and O–H groups in total. The van der Waals surface area contributed by atoms with Gasteiger partial charge < -0.3 is 19.3 Å². The zero-order chi connectivity index (χ0) is 24.7. The summed E-state index contributed by atoms with van der Waals surface area (Å²) in [7, 11) is -3.66. The molecule has 10 heteroatoms. The Hall–Kier alpha value is -3.21. The highest BCUT2D eigenvalue weighted by molar-refractivity contribution is 7.89. The first-order chi connectivity index (χ1) is 16.7. The molecule has 0 saturated carbocycles. The largest absolute Gasteiger partial charge is 0.490 e. The third kappa shape index (κ3) is 4.82. The molecule has 0 radical (unpaired) electrons. The zero-order valence-corrected chi connectivity index (χ0v) is 20.5. The minimum absolute atomic E-state index is 0.123. The van der Waals surface area contributed by atoms with E-state index in [2.05, 4.69) is 10.5 Å². The summed E-state index contributed by atoms with van der Waals surface area (Å²) in [5.41, 5.74) is 2.48. The van der Waals surface area contributed by atoms with Gasteiger partial charge in [-0.3, -0.25) is 4.79 Å². The second-order valence-electron chi connectivity index (χ2n) is 9.09. The van der Waals surface area contributed by atoms with E-state index in [0.717, 1.165) is 23.3 Å². The van der Waals surface area contributed by atoms with Crippen LogP contribution in [-0.4, -0.2) is 55.2 Å². The van der Waals surface area contributed by atoms with Crippen molar-refractivity contribution in [1.82, 2.24) is 9.46 Å². The number of carbonyl (C=O) groups is 1. The third-order valence-electron chi connectivity index (χ3n) is 6.06. The molecule has 3 aromatic rings. The Morgan fingerprint density at radius 2 is 1.71 bits per heavy atom. The van der Waals surface area contributed by atoms with Crippen molar-refractivity contribution in [2.24, 2.45) is 0 Å². The topological polar surface area (TPSA) is 111 Å². The van der Waals surface area contributed by atoms with Crippen LogP contribution in [0, 0.1) is 0 Å². The van der Waals surface area contributed by atoms with E-state index in [-0.39, 0.29) is 28.9 Å². The first-order valence-electron chi connectivity index (χ1n) is 11.5. The standard InChI is InChI=1S/C25H27N3O6S/c1-15-10-19-11-18(4-9-23(19)33-15)24-12-22(27-34-24)25(29)26-20-5-7-21(8-6-20)35(30,31)28-13-16(2)32-17(3)14-28/h4-9,11-12,15-17H,10,13-14H2,1-3H3,(H,26,29)/t15-,16-,17+/m1/s1. The van der Waals surface area contributed by atoms with E-state index < -0.39 is 15.9 Å². The van der Waals surface area contributed by atoms with E-state index in [1.54, 1.807) is 18.2 Å². The van der Waals surface area contributed by atoms with Crippen LogP contribution in [0.25, 0.3) is 11.3 Å². The van der Waals surface area contributed by atoms with Crippen LogP contribution in [0.15, 0.2) is 57.9 Å². The highest BCUT2D eigenvalue weighted by Crippen LogP contribution is 2.33. The number of nitrogens with zero attached hydrogens (tertiary/aromatic N) is 2. The van der Waals surface area contributed by atoms with Gasteiger partial charge in [0.05, 0.1) is 17.1 Å². The summed E-state index contributed by atoms with van der Waals surface area (Å²) in [6.07, 6.45) is 0.611. The van der Waals surface area contributed by atoms with Crippen LogP contribution in [0.3, 0.4) is 0 Å². The fourth-order valence-electron chi connectivity index (χ4n) is 4.47. The molecule has 35 heavy (non-hydrogen) atoms. The molecule has 3 heterocycles. The Morgan fingerprint density at radius 1 is 1.00 bits per heavy atom. The van der Waals surface area contributed by atoms with E-state index in [0.29, 0.717) is 24.5 Å². The minimum Gasteiger partial charge on any atom is -0.490 e. The number of benzene rings is 2. The molecule has 5 rings (SSSR count). The summed E-state index contributed by atoms with van der Waals surface area (Å²) in [5, 5.41) is 6.63. The van der Waals surface area contributed by atoms with E-state index >= 15 is 0 Å². The van der Waals surface area contributed by atoms with Crippen molar-refractivity contribution >= 4 is 21.6 Å². The van der Waals surface area contributed by atoms with Crippen LogP contribution in [-0.2, 0) is 21.2 Å². The van der Waals surface area contributed by atoms with Crippen molar-refractivity contribution in [3.8, 4) is 17.1 Å². The van der Waals surface area contributed by atoms with Crippen LogP contribution < -0.4 is 10.1 Å². The van der Waals surface area contributed by atoms with Gasteiger partial charge in [0.15, 0.2) is 11.5 Å². The van der Waals surface area contributed by atoms with E-state index in [1.165, 1.54) is 16.4 Å². The van der Waals surface area contributed by atoms with Gasteiger partial charge in [0.25, 0.3) is 5.91 Å². The predicted octanol–water partition coefficient (Wildman–Crippen LogP) is 3.72.